The Kier molecular flexibility index (Phi) is 5.37. The van der Waals surface area contributed by atoms with Gasteiger partial charge in [-0.3, -0.25) is 4.79 Å². The number of halogens is 2. The number of carbonyl (C=O) groups is 1. The van der Waals surface area contributed by atoms with Crippen LogP contribution in [0, 0.1) is 40.9 Å². The Morgan fingerprint density at radius 1 is 1.12 bits per heavy atom. The summed E-state index contributed by atoms with van der Waals surface area (Å²) in [7, 11) is 0. The van der Waals surface area contributed by atoms with Crippen molar-refractivity contribution in [2.45, 2.75) is 85.0 Å². The first-order chi connectivity index (χ1) is 11.4. The normalized spacial score (nSPS) is 45.1. The summed E-state index contributed by atoms with van der Waals surface area (Å²) in [6.45, 7) is 6.31. The van der Waals surface area contributed by atoms with Crippen molar-refractivity contribution >= 4 is 5.78 Å². The van der Waals surface area contributed by atoms with Crippen molar-refractivity contribution in [1.29, 1.82) is 0 Å². The highest BCUT2D eigenvalue weighted by Crippen LogP contribution is 2.63. The largest absolute Gasteiger partial charge is 0.300 e. The van der Waals surface area contributed by atoms with Crippen molar-refractivity contribution in [2.75, 3.05) is 0 Å². The molecule has 0 aromatic rings. The molecule has 1 nitrogen and oxygen atoms in total. The molecule has 3 saturated carbocycles. The molecule has 3 fully saturated rings. The van der Waals surface area contributed by atoms with E-state index in [1.165, 1.54) is 6.42 Å². The predicted molar refractivity (Wildman–Crippen MR) is 93.0 cm³/mol. The molecular weight excluding hydrogens is 306 g/mol. The van der Waals surface area contributed by atoms with Crippen molar-refractivity contribution in [2.24, 2.45) is 40.9 Å². The third-order valence-corrected chi connectivity index (χ3v) is 8.11. The van der Waals surface area contributed by atoms with Crippen LogP contribution in [0.5, 0.6) is 0 Å². The van der Waals surface area contributed by atoms with Gasteiger partial charge in [-0.15, -0.1) is 0 Å². The summed E-state index contributed by atoms with van der Waals surface area (Å²) in [4.78, 5) is 12.1. The van der Waals surface area contributed by atoms with Crippen molar-refractivity contribution in [1.82, 2.24) is 0 Å². The Labute approximate surface area is 146 Å². The number of hydrogen-bond acceptors (Lipinski definition) is 1. The van der Waals surface area contributed by atoms with Crippen LogP contribution in [0.25, 0.3) is 0 Å². The minimum atomic E-state index is -2.16. The van der Waals surface area contributed by atoms with Gasteiger partial charge in [0.15, 0.2) is 0 Å². The van der Waals surface area contributed by atoms with Crippen molar-refractivity contribution < 1.29 is 13.6 Å². The molecule has 7 unspecified atom stereocenters. The van der Waals surface area contributed by atoms with Gasteiger partial charge in [0.25, 0.3) is 0 Å². The number of carbonyl (C=O) groups excluding carboxylic acids is 1. The second-order valence-corrected chi connectivity index (χ2v) is 9.14. The molecular formula is C21H34F2O. The zero-order valence-electron chi connectivity index (χ0n) is 15.6. The monoisotopic (exact) mass is 340 g/mol. The second-order valence-electron chi connectivity index (χ2n) is 9.14. The van der Waals surface area contributed by atoms with Crippen molar-refractivity contribution in [3.05, 3.63) is 0 Å². The van der Waals surface area contributed by atoms with E-state index in [-0.39, 0.29) is 23.7 Å². The van der Waals surface area contributed by atoms with Gasteiger partial charge in [0, 0.05) is 12.3 Å². The van der Waals surface area contributed by atoms with Gasteiger partial charge in [-0.25, -0.2) is 8.78 Å². The molecule has 3 heteroatoms. The Balaban J connectivity index is 1.80. The molecule has 3 aliphatic carbocycles. The van der Waals surface area contributed by atoms with Crippen molar-refractivity contribution in [3.8, 4) is 0 Å². The summed E-state index contributed by atoms with van der Waals surface area (Å²) in [5.74, 6) is 3.29. The Bertz CT molecular complexity index is 463. The van der Waals surface area contributed by atoms with Crippen LogP contribution in [0.3, 0.4) is 0 Å². The topological polar surface area (TPSA) is 17.1 Å². The molecule has 0 bridgehead atoms. The van der Waals surface area contributed by atoms with E-state index in [2.05, 4.69) is 13.8 Å². The van der Waals surface area contributed by atoms with Crippen LogP contribution in [0.15, 0.2) is 0 Å². The summed E-state index contributed by atoms with van der Waals surface area (Å²) in [6.07, 6.45) is 6.78. The lowest BCUT2D eigenvalue weighted by Crippen LogP contribution is -2.48. The zero-order chi connectivity index (χ0) is 17.5. The lowest BCUT2D eigenvalue weighted by Gasteiger charge is -2.54. The molecule has 0 radical (unpaired) electrons. The average Bonchev–Trinajstić information content (AvgIpc) is 2.86. The zero-order valence-corrected chi connectivity index (χ0v) is 15.6. The van der Waals surface area contributed by atoms with E-state index in [9.17, 15) is 13.6 Å². The van der Waals surface area contributed by atoms with Gasteiger partial charge >= 0.3 is 0 Å². The maximum absolute atomic E-state index is 13.0. The fourth-order valence-electron chi connectivity index (χ4n) is 7.21. The van der Waals surface area contributed by atoms with Crippen LogP contribution >= 0.6 is 0 Å². The first-order valence-corrected chi connectivity index (χ1v) is 10.2. The molecule has 7 atom stereocenters. The summed E-state index contributed by atoms with van der Waals surface area (Å²) in [5.41, 5.74) is 0.180. The highest BCUT2D eigenvalue weighted by Gasteiger charge is 2.57. The van der Waals surface area contributed by atoms with E-state index in [4.69, 9.17) is 0 Å². The van der Waals surface area contributed by atoms with E-state index < -0.39 is 6.43 Å². The van der Waals surface area contributed by atoms with Crippen LogP contribution in [-0.4, -0.2) is 12.2 Å². The number of fused-ring (bicyclic) bond motifs is 3. The number of hydrogen-bond donors (Lipinski definition) is 0. The Morgan fingerprint density at radius 2 is 1.88 bits per heavy atom. The van der Waals surface area contributed by atoms with Gasteiger partial charge in [0.05, 0.1) is 0 Å². The van der Waals surface area contributed by atoms with E-state index in [1.807, 2.05) is 0 Å². The first kappa shape index (κ1) is 18.3. The highest BCUT2D eigenvalue weighted by atomic mass is 19.3. The molecule has 0 aromatic heterocycles. The van der Waals surface area contributed by atoms with Gasteiger partial charge in [-0.05, 0) is 80.5 Å². The Hall–Kier alpha value is -0.470. The van der Waals surface area contributed by atoms with Crippen LogP contribution in [0.2, 0.25) is 0 Å². The van der Waals surface area contributed by atoms with Gasteiger partial charge < -0.3 is 0 Å². The molecule has 24 heavy (non-hydrogen) atoms. The standard InChI is InChI=1S/C21H34F2O/c1-4-5-15-14(12-20(22)23)6-7-17-16(15)10-11-21(3)18(13(2)24)8-9-19(17)21/h14-20H,4-12H2,1-3H3. The van der Waals surface area contributed by atoms with E-state index in [0.717, 1.165) is 44.9 Å². The molecule has 3 aliphatic rings. The fourth-order valence-corrected chi connectivity index (χ4v) is 7.21. The van der Waals surface area contributed by atoms with E-state index >= 15 is 0 Å². The molecule has 0 saturated heterocycles. The molecule has 138 valence electrons. The molecule has 0 aliphatic heterocycles. The SMILES string of the molecule is CCCC1C(CC(F)F)CCC2C1CCC1(C)C(C(C)=O)CCC21. The lowest BCUT2D eigenvalue weighted by molar-refractivity contribution is -0.128. The van der Waals surface area contributed by atoms with E-state index in [0.29, 0.717) is 29.5 Å². The van der Waals surface area contributed by atoms with Gasteiger partial charge in [-0.1, -0.05) is 26.7 Å². The van der Waals surface area contributed by atoms with Crippen LogP contribution in [0.4, 0.5) is 8.78 Å². The van der Waals surface area contributed by atoms with Crippen LogP contribution in [0.1, 0.15) is 78.6 Å². The molecule has 0 amide bonds. The maximum Gasteiger partial charge on any atom is 0.238 e. The molecule has 0 spiro atoms. The Morgan fingerprint density at radius 3 is 2.50 bits per heavy atom. The second kappa shape index (κ2) is 7.03. The third-order valence-electron chi connectivity index (χ3n) is 8.11. The van der Waals surface area contributed by atoms with Crippen LogP contribution in [-0.2, 0) is 4.79 Å². The maximum atomic E-state index is 13.0. The van der Waals surface area contributed by atoms with Gasteiger partial charge in [0.1, 0.15) is 5.78 Å². The fraction of sp³-hybridized carbons (Fsp3) is 0.952. The summed E-state index contributed by atoms with van der Waals surface area (Å²) in [6, 6.07) is 0. The average molecular weight is 340 g/mol. The predicted octanol–water partition coefficient (Wildman–Crippen LogP) is 6.12. The van der Waals surface area contributed by atoms with Gasteiger partial charge in [0.2, 0.25) is 6.43 Å². The van der Waals surface area contributed by atoms with E-state index in [1.54, 1.807) is 6.92 Å². The van der Waals surface area contributed by atoms with Crippen molar-refractivity contribution in [3.63, 3.8) is 0 Å². The van der Waals surface area contributed by atoms with Crippen LogP contribution < -0.4 is 0 Å². The number of ketones is 1. The molecule has 3 rings (SSSR count). The number of Topliss-reactive ketones (excluding diaryl/α,β-unsaturated/α-hetero) is 1. The highest BCUT2D eigenvalue weighted by molar-refractivity contribution is 5.79. The molecule has 0 heterocycles. The number of rotatable bonds is 5. The minimum absolute atomic E-state index is 0.103. The summed E-state index contributed by atoms with van der Waals surface area (Å²) in [5, 5.41) is 0. The van der Waals surface area contributed by atoms with Gasteiger partial charge in [-0.2, -0.15) is 0 Å². The first-order valence-electron chi connectivity index (χ1n) is 10.2. The smallest absolute Gasteiger partial charge is 0.238 e. The quantitative estimate of drug-likeness (QED) is 0.589. The summed E-state index contributed by atoms with van der Waals surface area (Å²) < 4.78 is 26.1. The third kappa shape index (κ3) is 3.05. The lowest BCUT2D eigenvalue weighted by atomic mass is 9.50. The molecule has 0 aromatic carbocycles. The number of alkyl halides is 2. The summed E-state index contributed by atoms with van der Waals surface area (Å²) >= 11 is 0. The molecule has 0 N–H and O–H groups in total. The minimum Gasteiger partial charge on any atom is -0.300 e.